The van der Waals surface area contributed by atoms with E-state index in [0.717, 1.165) is 30.2 Å². The van der Waals surface area contributed by atoms with Gasteiger partial charge in [0.1, 0.15) is 6.10 Å². The van der Waals surface area contributed by atoms with Gasteiger partial charge in [0.2, 0.25) is 0 Å². The van der Waals surface area contributed by atoms with Crippen molar-refractivity contribution in [3.8, 4) is 0 Å². The SMILES string of the molecule is CC(=O)O[C@H]1/C(=C/c2ccc(C)cc2)C[C@H]2[C@@H]3CC[C@H]4C[C@@H](N5CCN(C)CC5)CC[C@]4(C)[C@H]3CC[C@]12C. The van der Waals surface area contributed by atoms with Gasteiger partial charge in [-0.25, -0.2) is 0 Å². The van der Waals surface area contributed by atoms with Gasteiger partial charge in [0.15, 0.2) is 0 Å². The van der Waals surface area contributed by atoms with Gasteiger partial charge in [-0.05, 0) is 106 Å². The highest BCUT2D eigenvalue weighted by molar-refractivity contribution is 5.67. The molecule has 6 rings (SSSR count). The van der Waals surface area contributed by atoms with E-state index >= 15 is 0 Å². The molecule has 0 radical (unpaired) electrons. The summed E-state index contributed by atoms with van der Waals surface area (Å²) in [5, 5.41) is 0. The fraction of sp³-hybridized carbons (Fsp3) is 0.735. The Labute approximate surface area is 231 Å². The van der Waals surface area contributed by atoms with E-state index in [1.165, 1.54) is 87.8 Å². The maximum atomic E-state index is 12.3. The van der Waals surface area contributed by atoms with Crippen LogP contribution in [0.3, 0.4) is 0 Å². The molecule has 4 aliphatic carbocycles. The summed E-state index contributed by atoms with van der Waals surface area (Å²) in [6.07, 6.45) is 12.8. The first-order valence-corrected chi connectivity index (χ1v) is 15.5. The van der Waals surface area contributed by atoms with Crippen LogP contribution in [0.25, 0.3) is 6.08 Å². The van der Waals surface area contributed by atoms with Gasteiger partial charge in [0, 0.05) is 44.6 Å². The van der Waals surface area contributed by atoms with Gasteiger partial charge in [0.25, 0.3) is 0 Å². The smallest absolute Gasteiger partial charge is 0.303 e. The normalized spacial score (nSPS) is 42.8. The van der Waals surface area contributed by atoms with Gasteiger partial charge in [-0.2, -0.15) is 0 Å². The van der Waals surface area contributed by atoms with Gasteiger partial charge in [-0.3, -0.25) is 9.69 Å². The summed E-state index contributed by atoms with van der Waals surface area (Å²) in [6, 6.07) is 9.61. The Morgan fingerprint density at radius 2 is 1.66 bits per heavy atom. The Bertz CT molecular complexity index is 1060. The van der Waals surface area contributed by atoms with Crippen LogP contribution in [-0.4, -0.2) is 61.1 Å². The molecule has 5 aliphatic rings. The molecule has 1 aliphatic heterocycles. The van der Waals surface area contributed by atoms with Crippen molar-refractivity contribution in [1.82, 2.24) is 9.80 Å². The van der Waals surface area contributed by atoms with E-state index in [2.05, 4.69) is 68.0 Å². The van der Waals surface area contributed by atoms with E-state index in [0.29, 0.717) is 11.3 Å². The number of hydrogen-bond acceptors (Lipinski definition) is 4. The molecule has 1 saturated heterocycles. The van der Waals surface area contributed by atoms with E-state index in [1.807, 2.05) is 0 Å². The molecule has 0 bridgehead atoms. The standard InChI is InChI=1S/C34H50N2O2/c1-23-6-8-25(9-7-23)20-26-21-31-29-11-10-27-22-28(36-18-16-35(5)17-19-36)12-14-33(27,3)30(29)13-15-34(31,4)32(26)38-24(2)37/h6-9,20,27-32H,10-19,21-22H2,1-5H3/b26-20+/t27-,28-,29+,30-,31-,32-,33-,34-/m0/s1. The highest BCUT2D eigenvalue weighted by Crippen LogP contribution is 2.67. The summed E-state index contributed by atoms with van der Waals surface area (Å²) in [4.78, 5) is 17.6. The average Bonchev–Trinajstić information content (AvgIpc) is 3.16. The lowest BCUT2D eigenvalue weighted by Crippen LogP contribution is -2.57. The van der Waals surface area contributed by atoms with E-state index in [-0.39, 0.29) is 17.5 Å². The number of nitrogens with zero attached hydrogens (tertiary/aromatic N) is 2. The Morgan fingerprint density at radius 1 is 0.947 bits per heavy atom. The van der Waals surface area contributed by atoms with Crippen molar-refractivity contribution >= 4 is 12.0 Å². The van der Waals surface area contributed by atoms with E-state index in [4.69, 9.17) is 4.74 Å². The van der Waals surface area contributed by atoms with Crippen LogP contribution >= 0.6 is 0 Å². The van der Waals surface area contributed by atoms with Crippen LogP contribution in [0.15, 0.2) is 29.8 Å². The number of rotatable bonds is 3. The van der Waals surface area contributed by atoms with E-state index in [1.54, 1.807) is 6.92 Å². The van der Waals surface area contributed by atoms with Crippen LogP contribution in [0.5, 0.6) is 0 Å². The number of hydrogen-bond donors (Lipinski definition) is 0. The Morgan fingerprint density at radius 3 is 2.37 bits per heavy atom. The van der Waals surface area contributed by atoms with Crippen molar-refractivity contribution in [2.24, 2.45) is 34.5 Å². The third-order valence-electron chi connectivity index (χ3n) is 12.2. The number of esters is 1. The summed E-state index contributed by atoms with van der Waals surface area (Å²) in [7, 11) is 2.27. The lowest BCUT2D eigenvalue weighted by molar-refractivity contribution is -0.160. The number of fused-ring (bicyclic) bond motifs is 5. The topological polar surface area (TPSA) is 32.8 Å². The van der Waals surface area contributed by atoms with Crippen LogP contribution in [0, 0.1) is 41.4 Å². The molecule has 38 heavy (non-hydrogen) atoms. The number of carbonyl (C=O) groups is 1. The molecule has 5 fully saturated rings. The highest BCUT2D eigenvalue weighted by Gasteiger charge is 2.62. The number of piperazine rings is 1. The van der Waals surface area contributed by atoms with E-state index < -0.39 is 0 Å². The minimum absolute atomic E-state index is 0.0591. The second kappa shape index (κ2) is 10.1. The molecule has 0 N–H and O–H groups in total. The Kier molecular flexibility index (Phi) is 7.04. The molecule has 0 unspecified atom stereocenters. The molecule has 0 spiro atoms. The molecule has 4 nitrogen and oxygen atoms in total. The predicted molar refractivity (Wildman–Crippen MR) is 155 cm³/mol. The zero-order valence-electron chi connectivity index (χ0n) is 24.5. The van der Waals surface area contributed by atoms with Crippen molar-refractivity contribution in [3.63, 3.8) is 0 Å². The fourth-order valence-corrected chi connectivity index (χ4v) is 9.98. The molecule has 8 atom stereocenters. The summed E-state index contributed by atoms with van der Waals surface area (Å²) < 4.78 is 6.18. The maximum Gasteiger partial charge on any atom is 0.303 e. The van der Waals surface area contributed by atoms with Crippen LogP contribution in [-0.2, 0) is 9.53 Å². The fourth-order valence-electron chi connectivity index (χ4n) is 9.98. The van der Waals surface area contributed by atoms with Crippen LogP contribution in [0.2, 0.25) is 0 Å². The molecule has 1 aromatic carbocycles. The number of carbonyl (C=O) groups excluding carboxylic acids is 1. The molecular weight excluding hydrogens is 468 g/mol. The Balaban J connectivity index is 1.23. The second-order valence-corrected chi connectivity index (χ2v) is 14.3. The van der Waals surface area contributed by atoms with Gasteiger partial charge < -0.3 is 9.64 Å². The number of aryl methyl sites for hydroxylation is 1. The molecular formula is C34H50N2O2. The molecule has 4 heteroatoms. The molecule has 1 heterocycles. The quantitative estimate of drug-likeness (QED) is 0.423. The third-order valence-corrected chi connectivity index (χ3v) is 12.2. The molecule has 208 valence electrons. The van der Waals surface area contributed by atoms with Crippen LogP contribution in [0.4, 0.5) is 0 Å². The van der Waals surface area contributed by atoms with Gasteiger partial charge in [-0.1, -0.05) is 49.8 Å². The first kappa shape index (κ1) is 26.6. The maximum absolute atomic E-state index is 12.3. The second-order valence-electron chi connectivity index (χ2n) is 14.3. The first-order valence-electron chi connectivity index (χ1n) is 15.5. The zero-order chi connectivity index (χ0) is 26.7. The third kappa shape index (κ3) is 4.58. The lowest BCUT2D eigenvalue weighted by Gasteiger charge is -2.61. The summed E-state index contributed by atoms with van der Waals surface area (Å²) in [6.45, 7) is 13.8. The number of benzene rings is 1. The summed E-state index contributed by atoms with van der Waals surface area (Å²) in [5.74, 6) is 2.95. The zero-order valence-corrected chi connectivity index (χ0v) is 24.5. The minimum atomic E-state index is -0.133. The monoisotopic (exact) mass is 518 g/mol. The van der Waals surface area contributed by atoms with Crippen molar-refractivity contribution in [2.75, 3.05) is 33.2 Å². The highest BCUT2D eigenvalue weighted by atomic mass is 16.5. The summed E-state index contributed by atoms with van der Waals surface area (Å²) >= 11 is 0. The molecule has 0 amide bonds. The van der Waals surface area contributed by atoms with Crippen molar-refractivity contribution < 1.29 is 9.53 Å². The number of likely N-dealkylation sites (N-methyl/N-ethyl adjacent to an activating group) is 1. The molecule has 0 aromatic heterocycles. The lowest BCUT2D eigenvalue weighted by atomic mass is 9.45. The van der Waals surface area contributed by atoms with Gasteiger partial charge in [0.05, 0.1) is 0 Å². The van der Waals surface area contributed by atoms with Crippen LogP contribution in [0.1, 0.15) is 83.3 Å². The van der Waals surface area contributed by atoms with Crippen molar-refractivity contribution in [2.45, 2.75) is 91.2 Å². The molecule has 1 aromatic rings. The predicted octanol–water partition coefficient (Wildman–Crippen LogP) is 6.58. The first-order chi connectivity index (χ1) is 18.2. The largest absolute Gasteiger partial charge is 0.457 e. The number of ether oxygens (including phenoxy) is 1. The average molecular weight is 519 g/mol. The van der Waals surface area contributed by atoms with Crippen molar-refractivity contribution in [3.05, 3.63) is 41.0 Å². The Hall–Kier alpha value is -1.65. The summed E-state index contributed by atoms with van der Waals surface area (Å²) in [5.41, 5.74) is 4.41. The van der Waals surface area contributed by atoms with Gasteiger partial charge in [-0.15, -0.1) is 0 Å². The van der Waals surface area contributed by atoms with Crippen LogP contribution < -0.4 is 0 Å². The van der Waals surface area contributed by atoms with E-state index in [9.17, 15) is 4.79 Å². The molecule has 4 saturated carbocycles. The van der Waals surface area contributed by atoms with Gasteiger partial charge >= 0.3 is 5.97 Å². The van der Waals surface area contributed by atoms with Crippen molar-refractivity contribution in [1.29, 1.82) is 0 Å². The minimum Gasteiger partial charge on any atom is -0.457 e.